The summed E-state index contributed by atoms with van der Waals surface area (Å²) in [5.41, 5.74) is 2.08. The fourth-order valence-corrected chi connectivity index (χ4v) is 3.76. The summed E-state index contributed by atoms with van der Waals surface area (Å²) in [5, 5.41) is 20.9. The van der Waals surface area contributed by atoms with Gasteiger partial charge in [0.2, 0.25) is 5.91 Å². The molecule has 0 spiro atoms. The molecule has 1 saturated carbocycles. The van der Waals surface area contributed by atoms with E-state index in [1.807, 2.05) is 19.1 Å². The van der Waals surface area contributed by atoms with Crippen LogP contribution < -0.4 is 5.32 Å². The van der Waals surface area contributed by atoms with Crippen LogP contribution in [0.25, 0.3) is 11.4 Å². The van der Waals surface area contributed by atoms with Gasteiger partial charge in [-0.3, -0.25) is 14.3 Å². The van der Waals surface area contributed by atoms with E-state index in [9.17, 15) is 4.79 Å². The number of carbonyl (C=O) groups is 1. The molecule has 1 atom stereocenters. The summed E-state index contributed by atoms with van der Waals surface area (Å²) < 4.78 is 2.13. The van der Waals surface area contributed by atoms with E-state index < -0.39 is 0 Å². The molecule has 0 bridgehead atoms. The molecular formula is C20H18N6OS. The van der Waals surface area contributed by atoms with E-state index in [1.165, 1.54) is 11.8 Å². The Labute approximate surface area is 166 Å². The first-order valence-corrected chi connectivity index (χ1v) is 9.86. The van der Waals surface area contributed by atoms with Crippen molar-refractivity contribution >= 4 is 23.4 Å². The number of aromatic nitrogens is 4. The molecule has 4 rings (SSSR count). The SMILES string of the molecule is C[C@H](Sc1nnc(-c2ccncc2)n1C1CC1)C(=O)Nc1cccc(C#N)c1. The number of thioether (sulfide) groups is 1. The molecule has 0 aliphatic heterocycles. The number of benzene rings is 1. The fraction of sp³-hybridized carbons (Fsp3) is 0.250. The monoisotopic (exact) mass is 390 g/mol. The van der Waals surface area contributed by atoms with Gasteiger partial charge in [0.1, 0.15) is 0 Å². The number of pyridine rings is 1. The van der Waals surface area contributed by atoms with Crippen molar-refractivity contribution in [3.63, 3.8) is 0 Å². The summed E-state index contributed by atoms with van der Waals surface area (Å²) in [6.07, 6.45) is 5.65. The largest absolute Gasteiger partial charge is 0.325 e. The van der Waals surface area contributed by atoms with E-state index in [-0.39, 0.29) is 11.2 Å². The lowest BCUT2D eigenvalue weighted by molar-refractivity contribution is -0.115. The van der Waals surface area contributed by atoms with Gasteiger partial charge in [-0.1, -0.05) is 17.8 Å². The Morgan fingerprint density at radius 3 is 2.79 bits per heavy atom. The molecule has 1 aliphatic carbocycles. The normalized spacial score (nSPS) is 14.3. The van der Waals surface area contributed by atoms with Gasteiger partial charge in [-0.25, -0.2) is 0 Å². The Bertz CT molecular complexity index is 1040. The fourth-order valence-electron chi connectivity index (χ4n) is 2.84. The van der Waals surface area contributed by atoms with E-state index in [0.717, 1.165) is 29.4 Å². The van der Waals surface area contributed by atoms with Crippen molar-refractivity contribution in [2.45, 2.75) is 36.2 Å². The third-order valence-electron chi connectivity index (χ3n) is 4.43. The molecule has 1 aliphatic rings. The first-order chi connectivity index (χ1) is 13.7. The number of rotatable bonds is 6. The molecule has 7 nitrogen and oxygen atoms in total. The minimum atomic E-state index is -0.363. The zero-order valence-corrected chi connectivity index (χ0v) is 16.1. The number of carbonyl (C=O) groups excluding carboxylic acids is 1. The van der Waals surface area contributed by atoms with Gasteiger partial charge < -0.3 is 5.32 Å². The molecule has 8 heteroatoms. The Hall–Kier alpha value is -3.18. The third-order valence-corrected chi connectivity index (χ3v) is 5.48. The quantitative estimate of drug-likeness (QED) is 0.645. The number of anilines is 1. The van der Waals surface area contributed by atoms with E-state index in [0.29, 0.717) is 17.3 Å². The molecule has 0 unspecified atom stereocenters. The zero-order valence-electron chi connectivity index (χ0n) is 15.2. The highest BCUT2D eigenvalue weighted by Gasteiger charge is 2.31. The molecule has 1 fully saturated rings. The predicted molar refractivity (Wildman–Crippen MR) is 107 cm³/mol. The van der Waals surface area contributed by atoms with Crippen LogP contribution in [0.5, 0.6) is 0 Å². The molecule has 140 valence electrons. The van der Waals surface area contributed by atoms with Gasteiger partial charge in [0, 0.05) is 29.7 Å². The minimum Gasteiger partial charge on any atom is -0.325 e. The highest BCUT2D eigenvalue weighted by Crippen LogP contribution is 2.41. The lowest BCUT2D eigenvalue weighted by atomic mass is 10.2. The maximum absolute atomic E-state index is 12.6. The second-order valence-electron chi connectivity index (χ2n) is 6.59. The number of nitrogens with zero attached hydrogens (tertiary/aromatic N) is 5. The van der Waals surface area contributed by atoms with Crippen LogP contribution in [0.15, 0.2) is 53.9 Å². The smallest absolute Gasteiger partial charge is 0.237 e. The summed E-state index contributed by atoms with van der Waals surface area (Å²) >= 11 is 1.39. The number of hydrogen-bond donors (Lipinski definition) is 1. The molecular weight excluding hydrogens is 372 g/mol. The average molecular weight is 390 g/mol. The topological polar surface area (TPSA) is 96.5 Å². The Morgan fingerprint density at radius 2 is 2.07 bits per heavy atom. The van der Waals surface area contributed by atoms with Crippen molar-refractivity contribution in [1.29, 1.82) is 5.26 Å². The number of amides is 1. The van der Waals surface area contributed by atoms with Crippen LogP contribution >= 0.6 is 11.8 Å². The van der Waals surface area contributed by atoms with E-state index >= 15 is 0 Å². The van der Waals surface area contributed by atoms with Crippen molar-refractivity contribution in [3.8, 4) is 17.5 Å². The van der Waals surface area contributed by atoms with Gasteiger partial charge in [0.05, 0.1) is 16.9 Å². The molecule has 2 heterocycles. The van der Waals surface area contributed by atoms with Crippen LogP contribution in [0.4, 0.5) is 5.69 Å². The lowest BCUT2D eigenvalue weighted by Gasteiger charge is -2.13. The van der Waals surface area contributed by atoms with Crippen LogP contribution in [0.3, 0.4) is 0 Å². The number of hydrogen-bond acceptors (Lipinski definition) is 6. The Kier molecular flexibility index (Phi) is 5.08. The first-order valence-electron chi connectivity index (χ1n) is 8.98. The van der Waals surface area contributed by atoms with Crippen LogP contribution in [0.2, 0.25) is 0 Å². The van der Waals surface area contributed by atoms with Gasteiger partial charge in [-0.2, -0.15) is 5.26 Å². The van der Waals surface area contributed by atoms with Crippen LogP contribution in [-0.4, -0.2) is 30.9 Å². The summed E-state index contributed by atoms with van der Waals surface area (Å²) in [6, 6.07) is 13.1. The van der Waals surface area contributed by atoms with E-state index in [1.54, 1.807) is 36.7 Å². The van der Waals surface area contributed by atoms with Crippen molar-refractivity contribution < 1.29 is 4.79 Å². The van der Waals surface area contributed by atoms with Crippen LogP contribution in [0.1, 0.15) is 31.4 Å². The predicted octanol–water partition coefficient (Wildman–Crippen LogP) is 3.67. The van der Waals surface area contributed by atoms with Crippen LogP contribution in [0, 0.1) is 11.3 Å². The molecule has 1 amide bonds. The second kappa shape index (κ2) is 7.82. The van der Waals surface area contributed by atoms with Crippen molar-refractivity contribution in [2.24, 2.45) is 0 Å². The highest BCUT2D eigenvalue weighted by atomic mass is 32.2. The summed E-state index contributed by atoms with van der Waals surface area (Å²) in [7, 11) is 0. The van der Waals surface area contributed by atoms with Crippen molar-refractivity contribution in [1.82, 2.24) is 19.7 Å². The summed E-state index contributed by atoms with van der Waals surface area (Å²) in [5.74, 6) is 0.664. The van der Waals surface area contributed by atoms with Gasteiger partial charge in [-0.05, 0) is 50.1 Å². The first kappa shape index (κ1) is 18.2. The summed E-state index contributed by atoms with van der Waals surface area (Å²) in [4.78, 5) is 16.7. The third kappa shape index (κ3) is 3.89. The minimum absolute atomic E-state index is 0.143. The van der Waals surface area contributed by atoms with Gasteiger partial charge >= 0.3 is 0 Å². The average Bonchev–Trinajstić information content (AvgIpc) is 3.48. The lowest BCUT2D eigenvalue weighted by Crippen LogP contribution is -2.23. The Balaban J connectivity index is 1.51. The Morgan fingerprint density at radius 1 is 1.29 bits per heavy atom. The summed E-state index contributed by atoms with van der Waals surface area (Å²) in [6.45, 7) is 1.84. The molecule has 1 aromatic carbocycles. The second-order valence-corrected chi connectivity index (χ2v) is 7.89. The highest BCUT2D eigenvalue weighted by molar-refractivity contribution is 8.00. The van der Waals surface area contributed by atoms with Gasteiger partial charge in [-0.15, -0.1) is 10.2 Å². The standard InChI is InChI=1S/C20H18N6OS/c1-13(19(27)23-16-4-2-3-14(11-16)12-21)28-20-25-24-18(26(20)17-5-6-17)15-7-9-22-10-8-15/h2-4,7-11,13,17H,5-6H2,1H3,(H,23,27)/t13-/m0/s1. The van der Waals surface area contributed by atoms with Gasteiger partial charge in [0.25, 0.3) is 0 Å². The maximum atomic E-state index is 12.6. The van der Waals surface area contributed by atoms with Crippen LogP contribution in [-0.2, 0) is 4.79 Å². The number of nitrogens with one attached hydrogen (secondary N) is 1. The van der Waals surface area contributed by atoms with Crippen molar-refractivity contribution in [2.75, 3.05) is 5.32 Å². The number of nitriles is 1. The zero-order chi connectivity index (χ0) is 19.5. The van der Waals surface area contributed by atoms with Gasteiger partial charge in [0.15, 0.2) is 11.0 Å². The molecule has 3 aromatic rings. The molecule has 28 heavy (non-hydrogen) atoms. The molecule has 0 radical (unpaired) electrons. The molecule has 2 aromatic heterocycles. The van der Waals surface area contributed by atoms with E-state index in [2.05, 4.69) is 31.1 Å². The maximum Gasteiger partial charge on any atom is 0.237 e. The molecule has 1 N–H and O–H groups in total. The molecule has 0 saturated heterocycles. The van der Waals surface area contributed by atoms with Crippen molar-refractivity contribution in [3.05, 3.63) is 54.4 Å². The van der Waals surface area contributed by atoms with E-state index in [4.69, 9.17) is 5.26 Å².